The Bertz CT molecular complexity index is 254. The molecule has 0 atom stereocenters. The summed E-state index contributed by atoms with van der Waals surface area (Å²) in [5.41, 5.74) is 1.26. The molecule has 0 amide bonds. The minimum absolute atomic E-state index is 0.476. The van der Waals surface area contributed by atoms with Crippen LogP contribution in [0.2, 0.25) is 0 Å². The summed E-state index contributed by atoms with van der Waals surface area (Å²) in [5.74, 6) is 0. The molecule has 0 saturated heterocycles. The normalized spacial score (nSPS) is 26.8. The Hall–Kier alpha value is -0.340. The fourth-order valence-electron chi connectivity index (χ4n) is 1.43. The van der Waals surface area contributed by atoms with Gasteiger partial charge in [-0.05, 0) is 18.4 Å². The quantitative estimate of drug-likeness (QED) is 0.739. The molecule has 1 aromatic carbocycles. The van der Waals surface area contributed by atoms with Crippen molar-refractivity contribution in [3.63, 3.8) is 0 Å². The molecule has 0 unspecified atom stereocenters. The Morgan fingerprint density at radius 3 is 2.54 bits per heavy atom. The van der Waals surface area contributed by atoms with Crippen molar-refractivity contribution in [3.8, 4) is 0 Å². The van der Waals surface area contributed by atoms with Crippen molar-refractivity contribution in [1.29, 1.82) is 0 Å². The first kappa shape index (κ1) is 9.22. The van der Waals surface area contributed by atoms with E-state index in [1.807, 2.05) is 18.2 Å². The fourth-order valence-corrected chi connectivity index (χ4v) is 2.26. The molecule has 1 aliphatic rings. The van der Waals surface area contributed by atoms with Gasteiger partial charge in [0.15, 0.2) is 0 Å². The van der Waals surface area contributed by atoms with Crippen LogP contribution in [-0.4, -0.2) is 10.9 Å². The van der Waals surface area contributed by atoms with Gasteiger partial charge in [-0.3, -0.25) is 0 Å². The highest BCUT2D eigenvalue weighted by molar-refractivity contribution is 9.09. The van der Waals surface area contributed by atoms with E-state index in [-0.39, 0.29) is 0 Å². The molecule has 1 fully saturated rings. The van der Waals surface area contributed by atoms with Crippen LogP contribution in [0, 0.1) is 0 Å². The van der Waals surface area contributed by atoms with Gasteiger partial charge in [0, 0.05) is 4.83 Å². The van der Waals surface area contributed by atoms with E-state index in [0.29, 0.717) is 10.9 Å². The smallest absolute Gasteiger partial charge is 0.0720 e. The predicted octanol–water partition coefficient (Wildman–Crippen LogP) is 3.13. The molecule has 2 rings (SSSR count). The molecule has 1 nitrogen and oxygen atoms in total. The second-order valence-corrected chi connectivity index (χ2v) is 4.78. The summed E-state index contributed by atoms with van der Waals surface area (Å²) in [6.07, 6.45) is 2.80. The van der Waals surface area contributed by atoms with Crippen LogP contribution in [0.25, 0.3) is 0 Å². The molecular formula is C11H13BrO. The zero-order valence-corrected chi connectivity index (χ0v) is 9.03. The Labute approximate surface area is 87.2 Å². The van der Waals surface area contributed by atoms with Gasteiger partial charge >= 0.3 is 0 Å². The van der Waals surface area contributed by atoms with E-state index in [1.54, 1.807) is 0 Å². The summed E-state index contributed by atoms with van der Waals surface area (Å²) in [6.45, 7) is 0.755. The highest BCUT2D eigenvalue weighted by atomic mass is 79.9. The second-order valence-electron chi connectivity index (χ2n) is 3.49. The maximum Gasteiger partial charge on any atom is 0.0720 e. The first-order valence-corrected chi connectivity index (χ1v) is 5.56. The summed E-state index contributed by atoms with van der Waals surface area (Å²) in [7, 11) is 0. The lowest BCUT2D eigenvalue weighted by molar-refractivity contribution is -0.00391. The SMILES string of the molecule is Br[C@H]1C[C@@H](OCc2ccccc2)C1. The molecule has 2 heteroatoms. The van der Waals surface area contributed by atoms with E-state index >= 15 is 0 Å². The highest BCUT2D eigenvalue weighted by Gasteiger charge is 2.27. The average Bonchev–Trinajstić information content (AvgIpc) is 2.12. The van der Waals surface area contributed by atoms with Crippen LogP contribution < -0.4 is 0 Å². The van der Waals surface area contributed by atoms with E-state index in [2.05, 4.69) is 28.1 Å². The van der Waals surface area contributed by atoms with Crippen LogP contribution >= 0.6 is 15.9 Å². The molecule has 0 aliphatic heterocycles. The van der Waals surface area contributed by atoms with Gasteiger partial charge in [-0.15, -0.1) is 0 Å². The third-order valence-electron chi connectivity index (χ3n) is 2.37. The van der Waals surface area contributed by atoms with Gasteiger partial charge in [0.1, 0.15) is 0 Å². The maximum atomic E-state index is 5.70. The van der Waals surface area contributed by atoms with Crippen LogP contribution in [0.4, 0.5) is 0 Å². The average molecular weight is 241 g/mol. The van der Waals surface area contributed by atoms with E-state index in [1.165, 1.54) is 5.56 Å². The topological polar surface area (TPSA) is 9.23 Å². The molecular weight excluding hydrogens is 228 g/mol. The molecule has 13 heavy (non-hydrogen) atoms. The number of halogens is 1. The third kappa shape index (κ3) is 2.55. The minimum atomic E-state index is 0.476. The minimum Gasteiger partial charge on any atom is -0.373 e. The standard InChI is InChI=1S/C11H13BrO/c12-10-6-11(7-10)13-8-9-4-2-1-3-5-9/h1-5,10-11H,6-8H2/t10-,11+. The van der Waals surface area contributed by atoms with Gasteiger partial charge in [-0.1, -0.05) is 46.3 Å². The summed E-state index contributed by atoms with van der Waals surface area (Å²) in [6, 6.07) is 10.3. The molecule has 1 aromatic rings. The van der Waals surface area contributed by atoms with Gasteiger partial charge < -0.3 is 4.74 Å². The molecule has 0 N–H and O–H groups in total. The van der Waals surface area contributed by atoms with E-state index in [4.69, 9.17) is 4.74 Å². The van der Waals surface area contributed by atoms with Crippen molar-refractivity contribution in [3.05, 3.63) is 35.9 Å². The number of rotatable bonds is 3. The van der Waals surface area contributed by atoms with Crippen LogP contribution in [0.15, 0.2) is 30.3 Å². The van der Waals surface area contributed by atoms with Crippen molar-refractivity contribution in [1.82, 2.24) is 0 Å². The van der Waals surface area contributed by atoms with E-state index in [0.717, 1.165) is 19.4 Å². The van der Waals surface area contributed by atoms with Crippen molar-refractivity contribution in [2.24, 2.45) is 0 Å². The molecule has 0 radical (unpaired) electrons. The van der Waals surface area contributed by atoms with Crippen LogP contribution in [0.3, 0.4) is 0 Å². The molecule has 0 aromatic heterocycles. The lowest BCUT2D eigenvalue weighted by Gasteiger charge is -2.31. The molecule has 0 heterocycles. The Morgan fingerprint density at radius 1 is 1.23 bits per heavy atom. The van der Waals surface area contributed by atoms with E-state index < -0.39 is 0 Å². The fraction of sp³-hybridized carbons (Fsp3) is 0.455. The Kier molecular flexibility index (Phi) is 3.01. The summed E-state index contributed by atoms with van der Waals surface area (Å²) >= 11 is 3.55. The van der Waals surface area contributed by atoms with Crippen molar-refractivity contribution >= 4 is 15.9 Å². The number of alkyl halides is 1. The third-order valence-corrected chi connectivity index (χ3v) is 3.11. The van der Waals surface area contributed by atoms with E-state index in [9.17, 15) is 0 Å². The van der Waals surface area contributed by atoms with Gasteiger partial charge in [-0.2, -0.15) is 0 Å². The molecule has 1 saturated carbocycles. The van der Waals surface area contributed by atoms with Crippen LogP contribution in [0.5, 0.6) is 0 Å². The zero-order valence-electron chi connectivity index (χ0n) is 7.45. The monoisotopic (exact) mass is 240 g/mol. The van der Waals surface area contributed by atoms with Gasteiger partial charge in [0.2, 0.25) is 0 Å². The predicted molar refractivity (Wildman–Crippen MR) is 57.0 cm³/mol. The largest absolute Gasteiger partial charge is 0.373 e. The number of hydrogen-bond donors (Lipinski definition) is 0. The molecule has 70 valence electrons. The first-order valence-electron chi connectivity index (χ1n) is 4.64. The number of benzene rings is 1. The molecule has 0 spiro atoms. The van der Waals surface area contributed by atoms with Crippen LogP contribution in [0.1, 0.15) is 18.4 Å². The molecule has 1 aliphatic carbocycles. The number of hydrogen-bond acceptors (Lipinski definition) is 1. The summed E-state index contributed by atoms with van der Waals surface area (Å²) < 4.78 is 5.70. The van der Waals surface area contributed by atoms with Crippen molar-refractivity contribution in [2.75, 3.05) is 0 Å². The van der Waals surface area contributed by atoms with Crippen molar-refractivity contribution < 1.29 is 4.74 Å². The highest BCUT2D eigenvalue weighted by Crippen LogP contribution is 2.30. The van der Waals surface area contributed by atoms with Gasteiger partial charge in [-0.25, -0.2) is 0 Å². The maximum absolute atomic E-state index is 5.70. The molecule has 0 bridgehead atoms. The van der Waals surface area contributed by atoms with Gasteiger partial charge in [0.05, 0.1) is 12.7 Å². The van der Waals surface area contributed by atoms with Crippen LogP contribution in [-0.2, 0) is 11.3 Å². The lowest BCUT2D eigenvalue weighted by atomic mass is 9.96. The summed E-state index contributed by atoms with van der Waals surface area (Å²) in [5, 5.41) is 0. The zero-order chi connectivity index (χ0) is 9.10. The Balaban J connectivity index is 1.74. The number of ether oxygens (including phenoxy) is 1. The van der Waals surface area contributed by atoms with Crippen molar-refractivity contribution in [2.45, 2.75) is 30.4 Å². The Morgan fingerprint density at radius 2 is 1.92 bits per heavy atom. The summed E-state index contributed by atoms with van der Waals surface area (Å²) in [4.78, 5) is 0.688. The second kappa shape index (κ2) is 4.25. The first-order chi connectivity index (χ1) is 6.34. The lowest BCUT2D eigenvalue weighted by Crippen LogP contribution is -2.31. The van der Waals surface area contributed by atoms with Gasteiger partial charge in [0.25, 0.3) is 0 Å².